The van der Waals surface area contributed by atoms with Crippen molar-refractivity contribution in [2.75, 3.05) is 0 Å². The summed E-state index contributed by atoms with van der Waals surface area (Å²) >= 11 is 3.42. The number of rotatable bonds is 3. The first-order valence-corrected chi connectivity index (χ1v) is 5.67. The summed E-state index contributed by atoms with van der Waals surface area (Å²) < 4.78 is 1.10. The van der Waals surface area contributed by atoms with Crippen molar-refractivity contribution < 1.29 is 4.79 Å². The molecular weight excluding hydrogens is 240 g/mol. The highest BCUT2D eigenvalue weighted by Crippen LogP contribution is 2.51. The molecule has 0 aliphatic heterocycles. The second-order valence-electron chi connectivity index (χ2n) is 4.17. The minimum atomic E-state index is 0.187. The maximum Gasteiger partial charge on any atom is 0.130 e. The van der Waals surface area contributed by atoms with Gasteiger partial charge in [-0.15, -0.1) is 0 Å². The number of hydrogen-bond donors (Lipinski definition) is 0. The van der Waals surface area contributed by atoms with Crippen LogP contribution in [0, 0.1) is 0 Å². The van der Waals surface area contributed by atoms with Crippen molar-refractivity contribution in [3.05, 3.63) is 34.3 Å². The summed E-state index contributed by atoms with van der Waals surface area (Å²) in [6.45, 7) is 1.68. The molecule has 0 radical (unpaired) electrons. The lowest BCUT2D eigenvalue weighted by Gasteiger charge is -2.13. The van der Waals surface area contributed by atoms with Gasteiger partial charge in [0.05, 0.1) is 0 Å². The highest BCUT2D eigenvalue weighted by molar-refractivity contribution is 9.10. The molecule has 0 aromatic heterocycles. The molecule has 0 amide bonds. The van der Waals surface area contributed by atoms with Crippen LogP contribution in [0.5, 0.6) is 0 Å². The Balaban J connectivity index is 2.22. The Morgan fingerprint density at radius 2 is 1.93 bits per heavy atom. The maximum atomic E-state index is 11.1. The van der Waals surface area contributed by atoms with Crippen molar-refractivity contribution in [2.45, 2.75) is 31.6 Å². The molecule has 0 heterocycles. The van der Waals surface area contributed by atoms with E-state index in [0.717, 1.165) is 17.3 Å². The van der Waals surface area contributed by atoms with Gasteiger partial charge in [-0.25, -0.2) is 0 Å². The third-order valence-electron chi connectivity index (χ3n) is 2.90. The minimum absolute atomic E-state index is 0.187. The van der Waals surface area contributed by atoms with Crippen LogP contribution in [0.4, 0.5) is 0 Å². The van der Waals surface area contributed by atoms with E-state index in [1.165, 1.54) is 5.56 Å². The number of benzene rings is 1. The number of hydrogen-bond acceptors (Lipinski definition) is 1. The molecular formula is C12H13BrO. The molecule has 1 aliphatic carbocycles. The van der Waals surface area contributed by atoms with Crippen LogP contribution >= 0.6 is 15.9 Å². The molecule has 0 bridgehead atoms. The molecule has 1 saturated carbocycles. The molecule has 14 heavy (non-hydrogen) atoms. The third-order valence-corrected chi connectivity index (χ3v) is 3.43. The topological polar surface area (TPSA) is 17.1 Å². The molecule has 0 atom stereocenters. The monoisotopic (exact) mass is 252 g/mol. The van der Waals surface area contributed by atoms with Crippen molar-refractivity contribution in [3.8, 4) is 0 Å². The molecule has 0 unspecified atom stereocenters. The van der Waals surface area contributed by atoms with Gasteiger partial charge in [0, 0.05) is 16.3 Å². The minimum Gasteiger partial charge on any atom is -0.300 e. The van der Waals surface area contributed by atoms with Crippen molar-refractivity contribution in [2.24, 2.45) is 0 Å². The second kappa shape index (κ2) is 3.50. The zero-order chi connectivity index (χ0) is 10.2. The second-order valence-corrected chi connectivity index (χ2v) is 5.08. The van der Waals surface area contributed by atoms with Gasteiger partial charge in [-0.3, -0.25) is 4.79 Å². The molecule has 1 nitrogen and oxygen atoms in total. The van der Waals surface area contributed by atoms with Crippen molar-refractivity contribution in [1.82, 2.24) is 0 Å². The smallest absolute Gasteiger partial charge is 0.130 e. The summed E-state index contributed by atoms with van der Waals surface area (Å²) in [5.41, 5.74) is 1.50. The Labute approximate surface area is 92.6 Å². The van der Waals surface area contributed by atoms with E-state index in [1.807, 2.05) is 0 Å². The van der Waals surface area contributed by atoms with Gasteiger partial charge in [0.2, 0.25) is 0 Å². The van der Waals surface area contributed by atoms with E-state index in [4.69, 9.17) is 0 Å². The fourth-order valence-electron chi connectivity index (χ4n) is 2.00. The van der Waals surface area contributed by atoms with Crippen LogP contribution in [-0.4, -0.2) is 5.78 Å². The molecule has 1 aliphatic rings. The lowest BCUT2D eigenvalue weighted by Crippen LogP contribution is -2.10. The largest absolute Gasteiger partial charge is 0.300 e. The van der Waals surface area contributed by atoms with E-state index >= 15 is 0 Å². The van der Waals surface area contributed by atoms with Gasteiger partial charge in [-0.05, 0) is 37.5 Å². The fraction of sp³-hybridized carbons (Fsp3) is 0.417. The van der Waals surface area contributed by atoms with E-state index in [0.29, 0.717) is 12.2 Å². The van der Waals surface area contributed by atoms with E-state index in [-0.39, 0.29) is 5.41 Å². The van der Waals surface area contributed by atoms with E-state index in [2.05, 4.69) is 40.2 Å². The van der Waals surface area contributed by atoms with Crippen molar-refractivity contribution >= 4 is 21.7 Å². The van der Waals surface area contributed by atoms with Gasteiger partial charge in [0.25, 0.3) is 0 Å². The lowest BCUT2D eigenvalue weighted by atomic mass is 9.91. The highest BCUT2D eigenvalue weighted by atomic mass is 79.9. The van der Waals surface area contributed by atoms with Gasteiger partial charge in [0.15, 0.2) is 0 Å². The van der Waals surface area contributed by atoms with E-state index in [1.54, 1.807) is 6.92 Å². The first-order valence-electron chi connectivity index (χ1n) is 4.88. The summed E-state index contributed by atoms with van der Waals surface area (Å²) in [4.78, 5) is 11.1. The van der Waals surface area contributed by atoms with Gasteiger partial charge >= 0.3 is 0 Å². The maximum absolute atomic E-state index is 11.1. The van der Waals surface area contributed by atoms with Crippen molar-refractivity contribution in [3.63, 3.8) is 0 Å². The zero-order valence-corrected chi connectivity index (χ0v) is 9.80. The predicted molar refractivity (Wildman–Crippen MR) is 60.4 cm³/mol. The first kappa shape index (κ1) is 9.91. The third kappa shape index (κ3) is 1.90. The Hall–Kier alpha value is -0.630. The zero-order valence-electron chi connectivity index (χ0n) is 8.22. The Bertz CT molecular complexity index is 349. The SMILES string of the molecule is CC(=O)CC1(c2ccc(Br)cc2)CC1. The average Bonchev–Trinajstić information content (AvgIpc) is 2.85. The number of Topliss-reactive ketones (excluding diaryl/α,β-unsaturated/α-hetero) is 1. The fourth-order valence-corrected chi connectivity index (χ4v) is 2.26. The highest BCUT2D eigenvalue weighted by Gasteiger charge is 2.44. The number of carbonyl (C=O) groups is 1. The summed E-state index contributed by atoms with van der Waals surface area (Å²) in [7, 11) is 0. The molecule has 2 heteroatoms. The predicted octanol–water partition coefficient (Wildman–Crippen LogP) is 3.46. The van der Waals surface area contributed by atoms with Gasteiger partial charge in [-0.2, -0.15) is 0 Å². The molecule has 1 fully saturated rings. The van der Waals surface area contributed by atoms with Crippen LogP contribution in [0.2, 0.25) is 0 Å². The Kier molecular flexibility index (Phi) is 2.48. The van der Waals surface area contributed by atoms with Crippen molar-refractivity contribution in [1.29, 1.82) is 0 Å². The molecule has 1 aromatic carbocycles. The van der Waals surface area contributed by atoms with Crippen LogP contribution in [0.15, 0.2) is 28.7 Å². The lowest BCUT2D eigenvalue weighted by molar-refractivity contribution is -0.117. The van der Waals surface area contributed by atoms with Gasteiger partial charge in [-0.1, -0.05) is 28.1 Å². The van der Waals surface area contributed by atoms with Crippen LogP contribution in [0.25, 0.3) is 0 Å². The molecule has 74 valence electrons. The summed E-state index contributed by atoms with van der Waals surface area (Å²) in [6.07, 6.45) is 3.02. The van der Waals surface area contributed by atoms with Crippen LogP contribution in [0.3, 0.4) is 0 Å². The molecule has 0 saturated heterocycles. The van der Waals surface area contributed by atoms with Crippen LogP contribution in [0.1, 0.15) is 31.7 Å². The normalized spacial score (nSPS) is 17.9. The quantitative estimate of drug-likeness (QED) is 0.806. The molecule has 0 N–H and O–H groups in total. The van der Waals surface area contributed by atoms with Gasteiger partial charge < -0.3 is 0 Å². The summed E-state index contributed by atoms with van der Waals surface area (Å²) in [5, 5.41) is 0. The summed E-state index contributed by atoms with van der Waals surface area (Å²) in [5.74, 6) is 0.297. The Morgan fingerprint density at radius 3 is 2.36 bits per heavy atom. The number of carbonyl (C=O) groups excluding carboxylic acids is 1. The van der Waals surface area contributed by atoms with Crippen LogP contribution < -0.4 is 0 Å². The number of ketones is 1. The summed E-state index contributed by atoms with van der Waals surface area (Å²) in [6, 6.07) is 8.35. The first-order chi connectivity index (χ1) is 6.62. The standard InChI is InChI=1S/C12H13BrO/c1-9(14)8-12(6-7-12)10-2-4-11(13)5-3-10/h2-5H,6-8H2,1H3. The van der Waals surface area contributed by atoms with Gasteiger partial charge in [0.1, 0.15) is 5.78 Å². The Morgan fingerprint density at radius 1 is 1.36 bits per heavy atom. The average molecular weight is 253 g/mol. The molecule has 1 aromatic rings. The molecule has 2 rings (SSSR count). The number of halogens is 1. The van der Waals surface area contributed by atoms with E-state index in [9.17, 15) is 4.79 Å². The van der Waals surface area contributed by atoms with Crippen LogP contribution in [-0.2, 0) is 10.2 Å². The van der Waals surface area contributed by atoms with E-state index < -0.39 is 0 Å². The molecule has 0 spiro atoms.